The number of para-hydroxylation sites is 1. The molecule has 32 heavy (non-hydrogen) atoms. The number of rotatable bonds is 6. The Morgan fingerprint density at radius 3 is 2.03 bits per heavy atom. The molecule has 0 saturated carbocycles. The number of ether oxygens (including phenoxy) is 2. The van der Waals surface area contributed by atoms with Crippen molar-refractivity contribution in [3.63, 3.8) is 0 Å². The summed E-state index contributed by atoms with van der Waals surface area (Å²) >= 11 is 0. The molecule has 0 aromatic heterocycles. The van der Waals surface area contributed by atoms with Crippen molar-refractivity contribution in [2.75, 3.05) is 19.1 Å². The average molecular weight is 436 g/mol. The molecular formula is C24H24N2O6. The van der Waals surface area contributed by atoms with Crippen LogP contribution < -0.4 is 10.2 Å². The third kappa shape index (κ3) is 3.27. The van der Waals surface area contributed by atoms with E-state index in [-0.39, 0.29) is 0 Å². The quantitative estimate of drug-likeness (QED) is 0.416. The molecule has 2 fully saturated rings. The number of carbonyl (C=O) groups is 4. The lowest BCUT2D eigenvalue weighted by Gasteiger charge is -2.29. The summed E-state index contributed by atoms with van der Waals surface area (Å²) in [5, 5.41) is 2.99. The van der Waals surface area contributed by atoms with Crippen molar-refractivity contribution in [1.29, 1.82) is 0 Å². The fourth-order valence-electron chi connectivity index (χ4n) is 4.85. The van der Waals surface area contributed by atoms with Crippen molar-refractivity contribution in [3.05, 3.63) is 66.2 Å². The summed E-state index contributed by atoms with van der Waals surface area (Å²) in [7, 11) is 2.27. The molecule has 1 N–H and O–H groups in total. The number of fused-ring (bicyclic) bond motifs is 1. The lowest BCUT2D eigenvalue weighted by molar-refractivity contribution is -0.166. The Morgan fingerprint density at radius 1 is 0.906 bits per heavy atom. The van der Waals surface area contributed by atoms with Gasteiger partial charge in [0.25, 0.3) is 0 Å². The number of benzene rings is 2. The minimum Gasteiger partial charge on any atom is -0.467 e. The van der Waals surface area contributed by atoms with Crippen LogP contribution in [0.3, 0.4) is 0 Å². The first kappa shape index (κ1) is 21.7. The number of aryl methyl sites for hydroxylation is 1. The molecule has 2 aromatic rings. The minimum absolute atomic E-state index is 0.391. The van der Waals surface area contributed by atoms with E-state index in [9.17, 15) is 19.2 Å². The van der Waals surface area contributed by atoms with E-state index in [4.69, 9.17) is 9.47 Å². The molecule has 8 nitrogen and oxygen atoms in total. The number of hydrogen-bond donors (Lipinski definition) is 1. The summed E-state index contributed by atoms with van der Waals surface area (Å²) in [6.45, 7) is 0. The van der Waals surface area contributed by atoms with Crippen molar-refractivity contribution >= 4 is 29.4 Å². The zero-order valence-corrected chi connectivity index (χ0v) is 17.8. The van der Waals surface area contributed by atoms with Crippen LogP contribution in [0.4, 0.5) is 5.69 Å². The predicted octanol–water partition coefficient (Wildman–Crippen LogP) is 1.48. The summed E-state index contributed by atoms with van der Waals surface area (Å²) in [5.41, 5.74) is -0.662. The molecule has 2 heterocycles. The maximum absolute atomic E-state index is 13.5. The summed E-state index contributed by atoms with van der Waals surface area (Å²) < 4.78 is 9.84. The molecule has 2 aliphatic heterocycles. The molecule has 2 aliphatic rings. The van der Waals surface area contributed by atoms with Gasteiger partial charge in [0.2, 0.25) is 17.4 Å². The Hall–Kier alpha value is -3.52. The molecule has 0 aliphatic carbocycles. The van der Waals surface area contributed by atoms with Gasteiger partial charge in [-0.1, -0.05) is 48.5 Å². The second kappa shape index (κ2) is 8.55. The van der Waals surface area contributed by atoms with Gasteiger partial charge in [0.1, 0.15) is 0 Å². The number of hydrogen-bond acceptors (Lipinski definition) is 7. The van der Waals surface area contributed by atoms with Gasteiger partial charge in [-0.2, -0.15) is 0 Å². The number of methoxy groups -OCH3 is 2. The van der Waals surface area contributed by atoms with Crippen molar-refractivity contribution in [3.8, 4) is 0 Å². The first-order valence-corrected chi connectivity index (χ1v) is 10.4. The third-order valence-corrected chi connectivity index (χ3v) is 6.28. The van der Waals surface area contributed by atoms with Crippen LogP contribution in [0, 0.1) is 11.8 Å². The van der Waals surface area contributed by atoms with E-state index in [1.807, 2.05) is 30.3 Å². The van der Waals surface area contributed by atoms with E-state index < -0.39 is 47.2 Å². The lowest BCUT2D eigenvalue weighted by atomic mass is 9.79. The van der Waals surface area contributed by atoms with Crippen LogP contribution in [0.1, 0.15) is 12.0 Å². The highest BCUT2D eigenvalue weighted by Crippen LogP contribution is 2.46. The number of nitrogens with one attached hydrogen (secondary N) is 1. The second-order valence-corrected chi connectivity index (χ2v) is 7.92. The van der Waals surface area contributed by atoms with Crippen LogP contribution in [-0.4, -0.2) is 49.6 Å². The number of carbonyl (C=O) groups excluding carboxylic acids is 4. The van der Waals surface area contributed by atoms with Crippen LogP contribution in [0.25, 0.3) is 0 Å². The Morgan fingerprint density at radius 2 is 1.47 bits per heavy atom. The maximum Gasteiger partial charge on any atom is 0.338 e. The smallest absolute Gasteiger partial charge is 0.338 e. The normalized spacial score (nSPS) is 23.7. The van der Waals surface area contributed by atoms with Gasteiger partial charge in [0.05, 0.1) is 31.7 Å². The van der Waals surface area contributed by atoms with Gasteiger partial charge in [-0.05, 0) is 30.5 Å². The Balaban J connectivity index is 1.77. The monoisotopic (exact) mass is 436 g/mol. The molecule has 0 radical (unpaired) electrons. The van der Waals surface area contributed by atoms with E-state index in [2.05, 4.69) is 5.32 Å². The molecule has 8 heteroatoms. The van der Waals surface area contributed by atoms with Gasteiger partial charge in [0.15, 0.2) is 0 Å². The van der Waals surface area contributed by atoms with Gasteiger partial charge in [-0.25, -0.2) is 14.5 Å². The third-order valence-electron chi connectivity index (χ3n) is 6.28. The molecule has 166 valence electrons. The van der Waals surface area contributed by atoms with Crippen molar-refractivity contribution in [2.45, 2.75) is 24.4 Å². The van der Waals surface area contributed by atoms with Crippen LogP contribution >= 0.6 is 0 Å². The van der Waals surface area contributed by atoms with E-state index in [1.165, 1.54) is 0 Å². The van der Waals surface area contributed by atoms with Crippen LogP contribution in [0.2, 0.25) is 0 Å². The molecule has 4 rings (SSSR count). The number of nitrogens with zero attached hydrogens (tertiary/aromatic N) is 1. The highest BCUT2D eigenvalue weighted by atomic mass is 16.5. The van der Waals surface area contributed by atoms with Crippen LogP contribution in [0.5, 0.6) is 0 Å². The SMILES string of the molecule is COC(=O)C1(C(=O)OC)N[C@H](CCc2ccccc2)[C@@H]2C(=O)N(c3ccccc3)C(=O)[C@@H]21. The highest BCUT2D eigenvalue weighted by molar-refractivity contribution is 6.27. The van der Waals surface area contributed by atoms with Crippen LogP contribution in [0.15, 0.2) is 60.7 Å². The Labute approximate surface area is 185 Å². The van der Waals surface area contributed by atoms with E-state index in [1.54, 1.807) is 30.3 Å². The topological polar surface area (TPSA) is 102 Å². The first-order valence-electron chi connectivity index (χ1n) is 10.4. The van der Waals surface area contributed by atoms with Gasteiger partial charge in [-0.15, -0.1) is 0 Å². The summed E-state index contributed by atoms with van der Waals surface area (Å²) in [5.74, 6) is -5.15. The van der Waals surface area contributed by atoms with E-state index in [0.717, 1.165) is 24.7 Å². The van der Waals surface area contributed by atoms with Crippen molar-refractivity contribution < 1.29 is 28.7 Å². The molecule has 0 bridgehead atoms. The summed E-state index contributed by atoms with van der Waals surface area (Å²) in [6.07, 6.45) is 1.02. The van der Waals surface area contributed by atoms with Crippen molar-refractivity contribution in [2.24, 2.45) is 11.8 Å². The van der Waals surface area contributed by atoms with Crippen LogP contribution in [-0.2, 0) is 35.1 Å². The fraction of sp³-hybridized carbons (Fsp3) is 0.333. The molecular weight excluding hydrogens is 412 g/mol. The van der Waals surface area contributed by atoms with Gasteiger partial charge in [0, 0.05) is 6.04 Å². The molecule has 3 atom stereocenters. The molecule has 0 unspecified atom stereocenters. The largest absolute Gasteiger partial charge is 0.467 e. The maximum atomic E-state index is 13.5. The van der Waals surface area contributed by atoms with Gasteiger partial charge < -0.3 is 9.47 Å². The molecule has 2 amide bonds. The fourth-order valence-corrected chi connectivity index (χ4v) is 4.85. The summed E-state index contributed by atoms with van der Waals surface area (Å²) in [4.78, 5) is 53.9. The van der Waals surface area contributed by atoms with Crippen molar-refractivity contribution in [1.82, 2.24) is 5.32 Å². The molecule has 2 saturated heterocycles. The van der Waals surface area contributed by atoms with E-state index >= 15 is 0 Å². The van der Waals surface area contributed by atoms with E-state index in [0.29, 0.717) is 18.5 Å². The number of anilines is 1. The highest BCUT2D eigenvalue weighted by Gasteiger charge is 2.72. The number of esters is 2. The average Bonchev–Trinajstić information content (AvgIpc) is 3.31. The Kier molecular flexibility index (Phi) is 5.80. The standard InChI is InChI=1S/C24H24N2O6/c1-31-22(29)24(23(30)32-2)19-18(17(25-24)14-13-15-9-5-3-6-10-15)20(27)26(21(19)28)16-11-7-4-8-12-16/h3-12,17-19,25H,13-14H2,1-2H3/t17-,18+,19-/m1/s1. The zero-order chi connectivity index (χ0) is 22.9. The summed E-state index contributed by atoms with van der Waals surface area (Å²) in [6, 6.07) is 17.5. The number of amides is 2. The second-order valence-electron chi connectivity index (χ2n) is 7.92. The van der Waals surface area contributed by atoms with Gasteiger partial charge in [-0.3, -0.25) is 14.9 Å². The minimum atomic E-state index is -2.09. The Bertz CT molecular complexity index is 1020. The molecule has 0 spiro atoms. The lowest BCUT2D eigenvalue weighted by Crippen LogP contribution is -2.63. The predicted molar refractivity (Wildman–Crippen MR) is 114 cm³/mol. The molecule has 2 aromatic carbocycles. The first-order chi connectivity index (χ1) is 15.5. The number of imide groups is 1. The van der Waals surface area contributed by atoms with Gasteiger partial charge >= 0.3 is 11.9 Å². The zero-order valence-electron chi connectivity index (χ0n) is 17.8.